The molecule has 6 heteroatoms. The maximum Gasteiger partial charge on any atom is 0.316 e. The first-order chi connectivity index (χ1) is 13.1. The zero-order valence-corrected chi connectivity index (χ0v) is 15.7. The molecule has 2 amide bonds. The van der Waals surface area contributed by atoms with Crippen LogP contribution < -0.4 is 5.32 Å². The van der Waals surface area contributed by atoms with Gasteiger partial charge in [0, 0.05) is 26.1 Å². The Balaban J connectivity index is 1.63. The molecule has 3 rings (SSSR count). The molecule has 27 heavy (non-hydrogen) atoms. The van der Waals surface area contributed by atoms with E-state index in [0.29, 0.717) is 13.0 Å². The molecule has 1 aliphatic carbocycles. The molecule has 1 heterocycles. The van der Waals surface area contributed by atoms with Gasteiger partial charge in [-0.05, 0) is 36.3 Å². The molecule has 1 atom stereocenters. The summed E-state index contributed by atoms with van der Waals surface area (Å²) >= 11 is 0. The van der Waals surface area contributed by atoms with Gasteiger partial charge in [0.15, 0.2) is 0 Å². The third kappa shape index (κ3) is 4.87. The van der Waals surface area contributed by atoms with Crippen LogP contribution in [0.4, 0.5) is 0 Å². The van der Waals surface area contributed by atoms with Crippen molar-refractivity contribution in [3.8, 4) is 0 Å². The van der Waals surface area contributed by atoms with E-state index in [4.69, 9.17) is 0 Å². The van der Waals surface area contributed by atoms with Crippen molar-refractivity contribution in [2.75, 3.05) is 6.54 Å². The third-order valence-corrected chi connectivity index (χ3v) is 5.77. The summed E-state index contributed by atoms with van der Waals surface area (Å²) in [6, 6.07) is 7.70. The number of nitrogens with one attached hydrogen (secondary N) is 1. The van der Waals surface area contributed by atoms with Crippen molar-refractivity contribution >= 4 is 17.8 Å². The number of carbonyl (C=O) groups excluding carboxylic acids is 2. The van der Waals surface area contributed by atoms with Crippen molar-refractivity contribution in [2.45, 2.75) is 58.0 Å². The minimum atomic E-state index is -1.03. The first-order valence-electron chi connectivity index (χ1n) is 9.91. The van der Waals surface area contributed by atoms with Crippen LogP contribution >= 0.6 is 0 Å². The Morgan fingerprint density at radius 3 is 2.44 bits per heavy atom. The molecular weight excluding hydrogens is 344 g/mol. The lowest BCUT2D eigenvalue weighted by Gasteiger charge is -2.26. The number of carbonyl (C=O) groups is 3. The van der Waals surface area contributed by atoms with E-state index >= 15 is 0 Å². The minimum Gasteiger partial charge on any atom is -0.481 e. The van der Waals surface area contributed by atoms with Gasteiger partial charge in [0.1, 0.15) is 5.92 Å². The Morgan fingerprint density at radius 2 is 1.81 bits per heavy atom. The summed E-state index contributed by atoms with van der Waals surface area (Å²) in [6.07, 6.45) is 6.20. The highest BCUT2D eigenvalue weighted by Gasteiger charge is 2.35. The third-order valence-electron chi connectivity index (χ3n) is 5.77. The molecule has 0 unspecified atom stereocenters. The summed E-state index contributed by atoms with van der Waals surface area (Å²) in [6.45, 7) is 1.59. The Kier molecular flexibility index (Phi) is 6.48. The number of carboxylic acid groups (broad SMARTS) is 1. The number of likely N-dealkylation sites (tertiary alicyclic amines) is 1. The van der Waals surface area contributed by atoms with Crippen molar-refractivity contribution < 1.29 is 19.5 Å². The maximum atomic E-state index is 12.6. The average molecular weight is 372 g/mol. The Labute approximate surface area is 159 Å². The van der Waals surface area contributed by atoms with Crippen LogP contribution in [0.2, 0.25) is 0 Å². The van der Waals surface area contributed by atoms with Gasteiger partial charge in [0.25, 0.3) is 0 Å². The topological polar surface area (TPSA) is 86.7 Å². The van der Waals surface area contributed by atoms with Gasteiger partial charge in [-0.25, -0.2) is 0 Å². The molecule has 1 aliphatic heterocycles. The zero-order chi connectivity index (χ0) is 19.2. The summed E-state index contributed by atoms with van der Waals surface area (Å²) in [4.78, 5) is 38.0. The summed E-state index contributed by atoms with van der Waals surface area (Å²) in [5, 5.41) is 12.4. The van der Waals surface area contributed by atoms with E-state index < -0.39 is 17.8 Å². The standard InChI is InChI=1S/C21H28N2O4/c24-18-11-6-12-23(18)14-17-10-5-4-9-16(17)13-22-20(25)19(21(26)27)15-7-2-1-3-8-15/h4-5,9-10,15,19H,1-3,6-8,11-14H2,(H,22,25)(H,26,27)/t19-/m0/s1. The van der Waals surface area contributed by atoms with E-state index in [9.17, 15) is 19.5 Å². The molecule has 1 saturated heterocycles. The molecule has 0 bridgehead atoms. The van der Waals surface area contributed by atoms with Crippen LogP contribution in [-0.4, -0.2) is 34.3 Å². The predicted molar refractivity (Wildman–Crippen MR) is 101 cm³/mol. The van der Waals surface area contributed by atoms with Crippen LogP contribution in [0.15, 0.2) is 24.3 Å². The first-order valence-corrected chi connectivity index (χ1v) is 9.91. The van der Waals surface area contributed by atoms with E-state index in [1.54, 1.807) is 0 Å². The van der Waals surface area contributed by atoms with E-state index in [-0.39, 0.29) is 18.4 Å². The molecule has 0 aromatic heterocycles. The Hall–Kier alpha value is -2.37. The molecule has 2 aliphatic rings. The van der Waals surface area contributed by atoms with E-state index in [1.807, 2.05) is 29.2 Å². The Morgan fingerprint density at radius 1 is 1.11 bits per heavy atom. The van der Waals surface area contributed by atoms with E-state index in [1.165, 1.54) is 0 Å². The number of nitrogens with zero attached hydrogens (tertiary/aromatic N) is 1. The van der Waals surface area contributed by atoms with Gasteiger partial charge in [-0.3, -0.25) is 14.4 Å². The van der Waals surface area contributed by atoms with Crippen LogP contribution in [0.3, 0.4) is 0 Å². The largest absolute Gasteiger partial charge is 0.481 e. The Bertz CT molecular complexity index is 697. The molecular formula is C21H28N2O4. The maximum absolute atomic E-state index is 12.6. The first kappa shape index (κ1) is 19.4. The van der Waals surface area contributed by atoms with Crippen molar-refractivity contribution in [2.24, 2.45) is 11.8 Å². The lowest BCUT2D eigenvalue weighted by Crippen LogP contribution is -2.40. The molecule has 1 saturated carbocycles. The van der Waals surface area contributed by atoms with Gasteiger partial charge in [0.2, 0.25) is 11.8 Å². The molecule has 0 spiro atoms. The SMILES string of the molecule is O=C(O)[C@H](C(=O)NCc1ccccc1CN1CCCC1=O)C1CCCCC1. The van der Waals surface area contributed by atoms with Crippen molar-refractivity contribution in [1.29, 1.82) is 0 Å². The molecule has 146 valence electrons. The number of hydrogen-bond donors (Lipinski definition) is 2. The second-order valence-electron chi connectivity index (χ2n) is 7.62. The summed E-state index contributed by atoms with van der Waals surface area (Å²) in [7, 11) is 0. The summed E-state index contributed by atoms with van der Waals surface area (Å²) < 4.78 is 0. The highest BCUT2D eigenvalue weighted by Crippen LogP contribution is 2.30. The quantitative estimate of drug-likeness (QED) is 0.721. The van der Waals surface area contributed by atoms with Gasteiger partial charge >= 0.3 is 5.97 Å². The van der Waals surface area contributed by atoms with Crippen molar-refractivity contribution in [3.63, 3.8) is 0 Å². The second kappa shape index (κ2) is 9.02. The summed E-state index contributed by atoms with van der Waals surface area (Å²) in [5.41, 5.74) is 1.93. The molecule has 6 nitrogen and oxygen atoms in total. The zero-order valence-electron chi connectivity index (χ0n) is 15.7. The molecule has 1 aromatic rings. The average Bonchev–Trinajstić information content (AvgIpc) is 3.06. The van der Waals surface area contributed by atoms with E-state index in [0.717, 1.165) is 56.2 Å². The van der Waals surface area contributed by atoms with Crippen molar-refractivity contribution in [3.05, 3.63) is 35.4 Å². The minimum absolute atomic E-state index is 0.0753. The molecule has 0 radical (unpaired) electrons. The highest BCUT2D eigenvalue weighted by molar-refractivity contribution is 5.97. The van der Waals surface area contributed by atoms with Gasteiger partial charge in [-0.15, -0.1) is 0 Å². The molecule has 2 fully saturated rings. The number of aliphatic carboxylic acids is 1. The van der Waals surface area contributed by atoms with E-state index in [2.05, 4.69) is 5.32 Å². The smallest absolute Gasteiger partial charge is 0.316 e. The number of carboxylic acids is 1. The fourth-order valence-corrected chi connectivity index (χ4v) is 4.25. The fraction of sp³-hybridized carbons (Fsp3) is 0.571. The lowest BCUT2D eigenvalue weighted by atomic mass is 9.79. The summed E-state index contributed by atoms with van der Waals surface area (Å²) in [5.74, 6) is -2.32. The number of amides is 2. The molecule has 2 N–H and O–H groups in total. The van der Waals surface area contributed by atoms with Crippen molar-refractivity contribution in [1.82, 2.24) is 10.2 Å². The molecule has 1 aromatic carbocycles. The number of rotatable bonds is 7. The van der Waals surface area contributed by atoms with Crippen LogP contribution in [0, 0.1) is 11.8 Å². The van der Waals surface area contributed by atoms with Gasteiger partial charge in [0.05, 0.1) is 0 Å². The fourth-order valence-electron chi connectivity index (χ4n) is 4.25. The highest BCUT2D eigenvalue weighted by atomic mass is 16.4. The van der Waals surface area contributed by atoms with Crippen LogP contribution in [0.1, 0.15) is 56.1 Å². The normalized spacial score (nSPS) is 19.1. The van der Waals surface area contributed by atoms with Gasteiger partial charge in [-0.1, -0.05) is 43.5 Å². The van der Waals surface area contributed by atoms with Gasteiger partial charge in [-0.2, -0.15) is 0 Å². The predicted octanol–water partition coefficient (Wildman–Crippen LogP) is 2.71. The second-order valence-corrected chi connectivity index (χ2v) is 7.62. The lowest BCUT2D eigenvalue weighted by molar-refractivity contribution is -0.150. The number of benzene rings is 1. The monoisotopic (exact) mass is 372 g/mol. The van der Waals surface area contributed by atoms with Crippen LogP contribution in [-0.2, 0) is 27.5 Å². The number of hydrogen-bond acceptors (Lipinski definition) is 3. The van der Waals surface area contributed by atoms with Crippen LogP contribution in [0.5, 0.6) is 0 Å². The van der Waals surface area contributed by atoms with Crippen LogP contribution in [0.25, 0.3) is 0 Å². The van der Waals surface area contributed by atoms with Gasteiger partial charge < -0.3 is 15.3 Å².